The van der Waals surface area contributed by atoms with Crippen LogP contribution in [0.25, 0.3) is 11.6 Å². The minimum Gasteiger partial charge on any atom is -0.0622 e. The van der Waals surface area contributed by atoms with Gasteiger partial charge in [0.2, 0.25) is 0 Å². The molecule has 0 bridgehead atoms. The van der Waals surface area contributed by atoms with Gasteiger partial charge in [-0.3, -0.25) is 0 Å². The molecule has 2 rings (SSSR count). The minimum atomic E-state index is 0.219. The molecule has 2 aromatic carbocycles. The zero-order chi connectivity index (χ0) is 13.9. The van der Waals surface area contributed by atoms with E-state index in [1.807, 2.05) is 0 Å². The van der Waals surface area contributed by atoms with E-state index in [-0.39, 0.29) is 5.41 Å². The Morgan fingerprint density at radius 2 is 1.42 bits per heavy atom. The molecule has 0 saturated heterocycles. The van der Waals surface area contributed by atoms with Crippen molar-refractivity contribution in [2.75, 3.05) is 0 Å². The van der Waals surface area contributed by atoms with Crippen LogP contribution in [0.1, 0.15) is 44.4 Å². The molecule has 0 aliphatic carbocycles. The fraction of sp³-hybridized carbons (Fsp3) is 0.263. The number of hydrogen-bond donors (Lipinski definition) is 0. The van der Waals surface area contributed by atoms with Crippen LogP contribution in [0.2, 0.25) is 0 Å². The first-order valence-electron chi connectivity index (χ1n) is 6.81. The Balaban J connectivity index is 2.24. The topological polar surface area (TPSA) is 0 Å². The molecule has 0 amide bonds. The van der Waals surface area contributed by atoms with Gasteiger partial charge in [0.1, 0.15) is 0 Å². The number of hydrogen-bond acceptors (Lipinski definition) is 0. The maximum absolute atomic E-state index is 2.24. The molecule has 0 saturated carbocycles. The zero-order valence-corrected chi connectivity index (χ0v) is 12.3. The molecular formula is C19H22. The van der Waals surface area contributed by atoms with Gasteiger partial charge < -0.3 is 0 Å². The Morgan fingerprint density at radius 3 is 1.95 bits per heavy atom. The van der Waals surface area contributed by atoms with Gasteiger partial charge in [-0.25, -0.2) is 0 Å². The predicted octanol–water partition coefficient (Wildman–Crippen LogP) is 5.54. The second kappa shape index (κ2) is 5.44. The van der Waals surface area contributed by atoms with Gasteiger partial charge in [0.05, 0.1) is 0 Å². The van der Waals surface area contributed by atoms with Gasteiger partial charge in [0.25, 0.3) is 0 Å². The van der Waals surface area contributed by atoms with E-state index in [0.717, 1.165) is 0 Å². The van der Waals surface area contributed by atoms with Crippen molar-refractivity contribution in [3.05, 3.63) is 71.3 Å². The van der Waals surface area contributed by atoms with Crippen molar-refractivity contribution >= 4 is 11.6 Å². The van der Waals surface area contributed by atoms with Crippen LogP contribution in [-0.4, -0.2) is 0 Å². The van der Waals surface area contributed by atoms with Crippen molar-refractivity contribution < 1.29 is 0 Å². The number of rotatable bonds is 2. The van der Waals surface area contributed by atoms with Gasteiger partial charge >= 0.3 is 0 Å². The van der Waals surface area contributed by atoms with E-state index >= 15 is 0 Å². The zero-order valence-electron chi connectivity index (χ0n) is 12.3. The van der Waals surface area contributed by atoms with Crippen LogP contribution in [0.4, 0.5) is 0 Å². The van der Waals surface area contributed by atoms with Gasteiger partial charge in [-0.1, -0.05) is 81.4 Å². The molecule has 0 spiro atoms. The quantitative estimate of drug-likeness (QED) is 0.613. The fourth-order valence-electron chi connectivity index (χ4n) is 2.11. The second-order valence-electron chi connectivity index (χ2n) is 6.07. The smallest absolute Gasteiger partial charge is 0.0132 e. The summed E-state index contributed by atoms with van der Waals surface area (Å²) in [7, 11) is 0. The highest BCUT2D eigenvalue weighted by Gasteiger charge is 2.12. The lowest BCUT2D eigenvalue weighted by Crippen LogP contribution is -2.10. The van der Waals surface area contributed by atoms with Crippen LogP contribution in [-0.2, 0) is 5.41 Å². The van der Waals surface area contributed by atoms with E-state index in [0.29, 0.717) is 0 Å². The first-order chi connectivity index (χ1) is 8.97. The average molecular weight is 250 g/mol. The van der Waals surface area contributed by atoms with Crippen LogP contribution in [0.3, 0.4) is 0 Å². The van der Waals surface area contributed by atoms with Crippen molar-refractivity contribution in [2.24, 2.45) is 0 Å². The van der Waals surface area contributed by atoms with Crippen molar-refractivity contribution in [3.8, 4) is 0 Å². The van der Waals surface area contributed by atoms with E-state index in [1.165, 1.54) is 22.3 Å². The second-order valence-corrected chi connectivity index (χ2v) is 6.07. The SMILES string of the molecule is C/C(=C\c1ccc(C(C)(C)C)cc1)c1ccccc1. The third-order valence-electron chi connectivity index (χ3n) is 3.39. The third-order valence-corrected chi connectivity index (χ3v) is 3.39. The highest BCUT2D eigenvalue weighted by molar-refractivity contribution is 5.80. The molecule has 0 radical (unpaired) electrons. The molecule has 0 N–H and O–H groups in total. The van der Waals surface area contributed by atoms with E-state index in [9.17, 15) is 0 Å². The standard InChI is InChI=1S/C19H22/c1-15(17-8-6-5-7-9-17)14-16-10-12-18(13-11-16)19(2,3)4/h5-14H,1-4H3/b15-14+. The Hall–Kier alpha value is -1.82. The Labute approximate surface area is 116 Å². The maximum atomic E-state index is 2.24. The summed E-state index contributed by atoms with van der Waals surface area (Å²) in [6.07, 6.45) is 2.24. The molecule has 0 fully saturated rings. The van der Waals surface area contributed by atoms with Crippen LogP contribution in [0, 0.1) is 0 Å². The Morgan fingerprint density at radius 1 is 0.842 bits per heavy atom. The van der Waals surface area contributed by atoms with Crippen LogP contribution < -0.4 is 0 Å². The molecule has 19 heavy (non-hydrogen) atoms. The van der Waals surface area contributed by atoms with E-state index in [1.54, 1.807) is 0 Å². The minimum absolute atomic E-state index is 0.219. The van der Waals surface area contributed by atoms with Crippen molar-refractivity contribution in [3.63, 3.8) is 0 Å². The lowest BCUT2D eigenvalue weighted by atomic mass is 9.86. The third kappa shape index (κ3) is 3.57. The average Bonchev–Trinajstić information content (AvgIpc) is 2.39. The molecule has 0 heterocycles. The lowest BCUT2D eigenvalue weighted by molar-refractivity contribution is 0.590. The molecular weight excluding hydrogens is 228 g/mol. The van der Waals surface area contributed by atoms with Crippen LogP contribution in [0.15, 0.2) is 54.6 Å². The molecule has 0 nitrogen and oxygen atoms in total. The van der Waals surface area contributed by atoms with Gasteiger partial charge in [-0.05, 0) is 34.6 Å². The predicted molar refractivity (Wildman–Crippen MR) is 85.1 cm³/mol. The van der Waals surface area contributed by atoms with Gasteiger partial charge in [-0.15, -0.1) is 0 Å². The molecule has 0 aliphatic heterocycles. The van der Waals surface area contributed by atoms with Crippen molar-refractivity contribution in [1.29, 1.82) is 0 Å². The van der Waals surface area contributed by atoms with Crippen molar-refractivity contribution in [1.82, 2.24) is 0 Å². The molecule has 0 aromatic heterocycles. The van der Waals surface area contributed by atoms with Gasteiger partial charge in [0.15, 0.2) is 0 Å². The Bertz CT molecular complexity index is 551. The summed E-state index contributed by atoms with van der Waals surface area (Å²) in [6.45, 7) is 8.89. The van der Waals surface area contributed by atoms with Crippen molar-refractivity contribution in [2.45, 2.75) is 33.1 Å². The monoisotopic (exact) mass is 250 g/mol. The highest BCUT2D eigenvalue weighted by atomic mass is 14.2. The summed E-state index contributed by atoms with van der Waals surface area (Å²) >= 11 is 0. The molecule has 98 valence electrons. The largest absolute Gasteiger partial charge is 0.0622 e. The fourth-order valence-corrected chi connectivity index (χ4v) is 2.11. The summed E-state index contributed by atoms with van der Waals surface area (Å²) in [5.41, 5.74) is 5.43. The summed E-state index contributed by atoms with van der Waals surface area (Å²) in [5.74, 6) is 0. The van der Waals surface area contributed by atoms with E-state index in [2.05, 4.69) is 88.4 Å². The molecule has 0 unspecified atom stereocenters. The molecule has 0 atom stereocenters. The lowest BCUT2D eigenvalue weighted by Gasteiger charge is -2.18. The van der Waals surface area contributed by atoms with E-state index in [4.69, 9.17) is 0 Å². The highest BCUT2D eigenvalue weighted by Crippen LogP contribution is 2.23. The summed E-state index contributed by atoms with van der Waals surface area (Å²) < 4.78 is 0. The Kier molecular flexibility index (Phi) is 3.90. The maximum Gasteiger partial charge on any atom is -0.0132 e. The first kappa shape index (κ1) is 13.6. The molecule has 0 heteroatoms. The van der Waals surface area contributed by atoms with Gasteiger partial charge in [0, 0.05) is 0 Å². The molecule has 2 aromatic rings. The summed E-state index contributed by atoms with van der Waals surface area (Å²) in [4.78, 5) is 0. The first-order valence-corrected chi connectivity index (χ1v) is 6.81. The number of allylic oxidation sites excluding steroid dienone is 1. The van der Waals surface area contributed by atoms with Gasteiger partial charge in [-0.2, -0.15) is 0 Å². The summed E-state index contributed by atoms with van der Waals surface area (Å²) in [5, 5.41) is 0. The normalized spacial score (nSPS) is 12.5. The van der Waals surface area contributed by atoms with E-state index < -0.39 is 0 Å². The number of benzene rings is 2. The summed E-state index contributed by atoms with van der Waals surface area (Å²) in [6, 6.07) is 19.4. The molecule has 0 aliphatic rings. The van der Waals surface area contributed by atoms with Crippen LogP contribution in [0.5, 0.6) is 0 Å². The van der Waals surface area contributed by atoms with Crippen LogP contribution >= 0.6 is 0 Å².